The lowest BCUT2D eigenvalue weighted by Crippen LogP contribution is -2.36. The topological polar surface area (TPSA) is 54.5 Å². The molecule has 1 amide bonds. The molecule has 2 aromatic rings. The van der Waals surface area contributed by atoms with Crippen LogP contribution >= 0.6 is 0 Å². The van der Waals surface area contributed by atoms with Crippen molar-refractivity contribution in [1.29, 1.82) is 0 Å². The Morgan fingerprint density at radius 1 is 1.08 bits per heavy atom. The molecule has 0 aromatic heterocycles. The van der Waals surface area contributed by atoms with Crippen LogP contribution in [-0.4, -0.2) is 25.8 Å². The third-order valence-electron chi connectivity index (χ3n) is 4.38. The van der Waals surface area contributed by atoms with Gasteiger partial charge in [-0.15, -0.1) is 0 Å². The molecule has 126 valence electrons. The van der Waals surface area contributed by atoms with Gasteiger partial charge >= 0.3 is 0 Å². The van der Waals surface area contributed by atoms with Crippen molar-refractivity contribution in [2.75, 3.05) is 16.4 Å². The highest BCUT2D eigenvalue weighted by molar-refractivity contribution is 7.91. The zero-order valence-electron chi connectivity index (χ0n) is 13.7. The zero-order valence-corrected chi connectivity index (χ0v) is 14.5. The van der Waals surface area contributed by atoms with Crippen LogP contribution in [-0.2, 0) is 21.2 Å². The molecular formula is C19H21NO3S. The second-order valence-corrected chi connectivity index (χ2v) is 8.57. The van der Waals surface area contributed by atoms with Crippen LogP contribution in [0.15, 0.2) is 54.6 Å². The number of carbonyl (C=O) groups excluding carboxylic acids is 1. The highest BCUT2D eigenvalue weighted by atomic mass is 32.2. The van der Waals surface area contributed by atoms with Gasteiger partial charge in [0.2, 0.25) is 5.91 Å². The molecule has 1 aliphatic heterocycles. The summed E-state index contributed by atoms with van der Waals surface area (Å²) in [4.78, 5) is 14.7. The summed E-state index contributed by atoms with van der Waals surface area (Å²) in [5.41, 5.74) is 2.94. The number of anilines is 1. The van der Waals surface area contributed by atoms with E-state index in [4.69, 9.17) is 0 Å². The first-order valence-corrected chi connectivity index (χ1v) is 9.89. The van der Waals surface area contributed by atoms with Crippen LogP contribution in [0.4, 0.5) is 5.69 Å². The molecule has 3 rings (SSSR count). The van der Waals surface area contributed by atoms with Crippen LogP contribution in [0.1, 0.15) is 17.5 Å². The van der Waals surface area contributed by atoms with Gasteiger partial charge in [-0.25, -0.2) is 8.42 Å². The highest BCUT2D eigenvalue weighted by Gasteiger charge is 2.35. The van der Waals surface area contributed by atoms with E-state index in [2.05, 4.69) is 0 Å². The predicted molar refractivity (Wildman–Crippen MR) is 95.6 cm³/mol. The van der Waals surface area contributed by atoms with Crippen molar-refractivity contribution in [3.63, 3.8) is 0 Å². The Morgan fingerprint density at radius 3 is 2.33 bits per heavy atom. The van der Waals surface area contributed by atoms with Crippen LogP contribution in [0, 0.1) is 12.8 Å². The Bertz CT molecular complexity index is 813. The number of amides is 1. The molecule has 1 atom stereocenters. The van der Waals surface area contributed by atoms with Gasteiger partial charge < -0.3 is 4.90 Å². The normalized spacial score (nSPS) is 19.1. The molecule has 4 nitrogen and oxygen atoms in total. The smallest absolute Gasteiger partial charge is 0.231 e. The summed E-state index contributed by atoms with van der Waals surface area (Å²) in [6, 6.07) is 17.5. The molecule has 0 bridgehead atoms. The Kier molecular flexibility index (Phi) is 4.71. The molecular weight excluding hydrogens is 322 g/mol. The molecule has 1 unspecified atom stereocenters. The van der Waals surface area contributed by atoms with E-state index in [1.54, 1.807) is 4.90 Å². The summed E-state index contributed by atoms with van der Waals surface area (Å²) >= 11 is 0. The quantitative estimate of drug-likeness (QED) is 0.858. The molecule has 2 aromatic carbocycles. The van der Waals surface area contributed by atoms with Crippen molar-refractivity contribution in [3.8, 4) is 0 Å². The maximum absolute atomic E-state index is 13.0. The van der Waals surface area contributed by atoms with E-state index in [0.29, 0.717) is 13.0 Å². The Morgan fingerprint density at radius 2 is 1.75 bits per heavy atom. The number of sulfone groups is 1. The van der Waals surface area contributed by atoms with E-state index in [9.17, 15) is 13.2 Å². The van der Waals surface area contributed by atoms with Gasteiger partial charge in [-0.05, 0) is 31.0 Å². The summed E-state index contributed by atoms with van der Waals surface area (Å²) < 4.78 is 23.5. The monoisotopic (exact) mass is 343 g/mol. The summed E-state index contributed by atoms with van der Waals surface area (Å²) in [6.45, 7) is 2.44. The maximum Gasteiger partial charge on any atom is 0.231 e. The van der Waals surface area contributed by atoms with Crippen LogP contribution in [0.5, 0.6) is 0 Å². The molecule has 0 aliphatic carbocycles. The summed E-state index contributed by atoms with van der Waals surface area (Å²) in [5, 5.41) is 0. The predicted octanol–water partition coefficient (Wildman–Crippen LogP) is 2.96. The largest absolute Gasteiger partial charge is 0.308 e. The molecule has 0 radical (unpaired) electrons. The maximum atomic E-state index is 13.0. The molecule has 24 heavy (non-hydrogen) atoms. The van der Waals surface area contributed by atoms with Crippen molar-refractivity contribution in [1.82, 2.24) is 0 Å². The lowest BCUT2D eigenvalue weighted by Gasteiger charge is -2.26. The number of rotatable bonds is 4. The fraction of sp³-hybridized carbons (Fsp3) is 0.316. The van der Waals surface area contributed by atoms with Gasteiger partial charge in [0.1, 0.15) is 0 Å². The minimum atomic E-state index is -3.08. The van der Waals surface area contributed by atoms with Gasteiger partial charge in [0.25, 0.3) is 0 Å². The molecule has 0 saturated carbocycles. The van der Waals surface area contributed by atoms with Gasteiger partial charge in [-0.3, -0.25) is 4.79 Å². The van der Waals surface area contributed by atoms with Crippen LogP contribution < -0.4 is 4.90 Å². The van der Waals surface area contributed by atoms with E-state index < -0.39 is 15.8 Å². The number of carbonyl (C=O) groups is 1. The van der Waals surface area contributed by atoms with Gasteiger partial charge in [0.05, 0.1) is 24.0 Å². The number of benzene rings is 2. The molecule has 1 heterocycles. The second kappa shape index (κ2) is 6.77. The van der Waals surface area contributed by atoms with Crippen LogP contribution in [0.3, 0.4) is 0 Å². The minimum absolute atomic E-state index is 0.0387. The highest BCUT2D eigenvalue weighted by Crippen LogP contribution is 2.26. The lowest BCUT2D eigenvalue weighted by molar-refractivity contribution is -0.121. The van der Waals surface area contributed by atoms with Gasteiger partial charge in [-0.1, -0.05) is 48.0 Å². The van der Waals surface area contributed by atoms with E-state index >= 15 is 0 Å². The molecule has 0 spiro atoms. The van der Waals surface area contributed by atoms with Gasteiger partial charge in [0.15, 0.2) is 9.84 Å². The summed E-state index contributed by atoms with van der Waals surface area (Å²) in [7, 11) is -3.08. The van der Waals surface area contributed by atoms with E-state index in [1.807, 2.05) is 61.5 Å². The SMILES string of the molecule is Cc1ccc(N(Cc2ccccc2)C(=O)C2CCS(=O)(=O)C2)cc1. The Hall–Kier alpha value is -2.14. The van der Waals surface area contributed by atoms with Crippen LogP contribution in [0.25, 0.3) is 0 Å². The average molecular weight is 343 g/mol. The van der Waals surface area contributed by atoms with Crippen molar-refractivity contribution in [2.45, 2.75) is 19.9 Å². The van der Waals surface area contributed by atoms with Crippen molar-refractivity contribution in [2.24, 2.45) is 5.92 Å². The fourth-order valence-corrected chi connectivity index (χ4v) is 4.73. The number of hydrogen-bond acceptors (Lipinski definition) is 3. The third kappa shape index (κ3) is 3.85. The molecule has 5 heteroatoms. The van der Waals surface area contributed by atoms with E-state index in [-0.39, 0.29) is 17.4 Å². The van der Waals surface area contributed by atoms with Gasteiger partial charge in [-0.2, -0.15) is 0 Å². The molecule has 1 saturated heterocycles. The third-order valence-corrected chi connectivity index (χ3v) is 6.14. The minimum Gasteiger partial charge on any atom is -0.308 e. The van der Waals surface area contributed by atoms with Gasteiger partial charge in [0, 0.05) is 5.69 Å². The van der Waals surface area contributed by atoms with E-state index in [0.717, 1.165) is 16.8 Å². The molecule has 1 aliphatic rings. The zero-order chi connectivity index (χ0) is 17.2. The Balaban J connectivity index is 1.89. The van der Waals surface area contributed by atoms with Crippen molar-refractivity contribution < 1.29 is 13.2 Å². The second-order valence-electron chi connectivity index (χ2n) is 6.35. The first-order chi connectivity index (χ1) is 11.4. The average Bonchev–Trinajstić information content (AvgIpc) is 2.94. The molecule has 1 fully saturated rings. The van der Waals surface area contributed by atoms with Crippen molar-refractivity contribution in [3.05, 3.63) is 65.7 Å². The standard InChI is InChI=1S/C19H21NO3S/c1-15-7-9-18(10-8-15)20(13-16-5-3-2-4-6-16)19(21)17-11-12-24(22,23)14-17/h2-10,17H,11-14H2,1H3. The fourth-order valence-electron chi connectivity index (χ4n) is 3.00. The molecule has 0 N–H and O–H groups in total. The Labute approximate surface area is 143 Å². The number of nitrogens with zero attached hydrogens (tertiary/aromatic N) is 1. The lowest BCUT2D eigenvalue weighted by atomic mass is 10.1. The number of hydrogen-bond donors (Lipinski definition) is 0. The first kappa shape index (κ1) is 16.7. The van der Waals surface area contributed by atoms with Crippen LogP contribution in [0.2, 0.25) is 0 Å². The number of aryl methyl sites for hydroxylation is 1. The van der Waals surface area contributed by atoms with Crippen molar-refractivity contribution >= 4 is 21.4 Å². The first-order valence-electron chi connectivity index (χ1n) is 8.07. The summed E-state index contributed by atoms with van der Waals surface area (Å²) in [5.74, 6) is -0.483. The van der Waals surface area contributed by atoms with E-state index in [1.165, 1.54) is 0 Å². The summed E-state index contributed by atoms with van der Waals surface area (Å²) in [6.07, 6.45) is 0.415.